The predicted molar refractivity (Wildman–Crippen MR) is 106 cm³/mol. The number of amides is 1. The molecule has 1 N–H and O–H groups in total. The maximum absolute atomic E-state index is 12.0. The quantitative estimate of drug-likeness (QED) is 0.595. The Balaban J connectivity index is 1.53. The van der Waals surface area contributed by atoms with Crippen LogP contribution in [-0.2, 0) is 20.7 Å². The number of nitrogens with one attached hydrogen (secondary N) is 1. The number of nitrogens with zero attached hydrogens (tertiary/aromatic N) is 1. The largest absolute Gasteiger partial charge is 0.497 e. The molecular weight excluding hydrogens is 411 g/mol. The van der Waals surface area contributed by atoms with Gasteiger partial charge in [0.05, 0.1) is 33.8 Å². The third-order valence-corrected chi connectivity index (χ3v) is 5.21. The second-order valence-electron chi connectivity index (χ2n) is 5.49. The molecule has 0 fully saturated rings. The van der Waals surface area contributed by atoms with E-state index in [0.717, 1.165) is 10.2 Å². The first-order valence-corrected chi connectivity index (χ1v) is 9.36. The molecule has 9 heteroatoms. The van der Waals surface area contributed by atoms with Crippen LogP contribution in [0.1, 0.15) is 5.56 Å². The van der Waals surface area contributed by atoms with Crippen LogP contribution in [0.2, 0.25) is 10.0 Å². The van der Waals surface area contributed by atoms with Gasteiger partial charge in [-0.3, -0.25) is 14.9 Å². The molecular formula is C18H14Cl2N2O4S. The summed E-state index contributed by atoms with van der Waals surface area (Å²) < 4.78 is 11.0. The van der Waals surface area contributed by atoms with Crippen molar-refractivity contribution >= 4 is 61.8 Å². The monoisotopic (exact) mass is 424 g/mol. The van der Waals surface area contributed by atoms with Gasteiger partial charge in [0.2, 0.25) is 0 Å². The first kappa shape index (κ1) is 19.4. The van der Waals surface area contributed by atoms with Crippen molar-refractivity contribution in [3.8, 4) is 5.75 Å². The molecule has 0 radical (unpaired) electrons. The van der Waals surface area contributed by atoms with Crippen molar-refractivity contribution in [3.63, 3.8) is 0 Å². The Morgan fingerprint density at radius 1 is 1.15 bits per heavy atom. The number of aromatic nitrogens is 1. The van der Waals surface area contributed by atoms with Gasteiger partial charge < -0.3 is 9.47 Å². The number of rotatable bonds is 6. The average Bonchev–Trinajstić information content (AvgIpc) is 3.04. The molecule has 0 unspecified atom stereocenters. The summed E-state index contributed by atoms with van der Waals surface area (Å²) in [6.07, 6.45) is -0.00883. The molecule has 27 heavy (non-hydrogen) atoms. The van der Waals surface area contributed by atoms with Crippen molar-refractivity contribution in [2.24, 2.45) is 0 Å². The molecule has 6 nitrogen and oxygen atoms in total. The van der Waals surface area contributed by atoms with Crippen LogP contribution in [0.3, 0.4) is 0 Å². The van der Waals surface area contributed by atoms with Crippen LogP contribution in [0, 0.1) is 0 Å². The minimum Gasteiger partial charge on any atom is -0.497 e. The maximum atomic E-state index is 12.0. The molecule has 3 rings (SSSR count). The lowest BCUT2D eigenvalue weighted by atomic mass is 10.1. The van der Waals surface area contributed by atoms with Crippen LogP contribution in [-0.4, -0.2) is 30.6 Å². The minimum absolute atomic E-state index is 0.00883. The lowest BCUT2D eigenvalue weighted by molar-refractivity contribution is -0.146. The normalized spacial score (nSPS) is 10.6. The topological polar surface area (TPSA) is 77.5 Å². The highest BCUT2D eigenvalue weighted by molar-refractivity contribution is 7.22. The second-order valence-corrected chi connectivity index (χ2v) is 7.33. The molecule has 0 aliphatic heterocycles. The molecule has 140 valence electrons. The molecule has 2 aromatic carbocycles. The SMILES string of the molecule is COc1ccc2nc(NC(=O)COC(=O)Cc3ccc(Cl)c(Cl)c3)sc2c1. The third kappa shape index (κ3) is 5.09. The highest BCUT2D eigenvalue weighted by Gasteiger charge is 2.12. The first-order valence-electron chi connectivity index (χ1n) is 7.78. The number of hydrogen-bond acceptors (Lipinski definition) is 6. The summed E-state index contributed by atoms with van der Waals surface area (Å²) >= 11 is 13.0. The number of halogens is 2. The second kappa shape index (κ2) is 8.56. The Hall–Kier alpha value is -2.35. The van der Waals surface area contributed by atoms with E-state index in [2.05, 4.69) is 10.3 Å². The molecule has 0 saturated heterocycles. The highest BCUT2D eigenvalue weighted by Crippen LogP contribution is 2.29. The summed E-state index contributed by atoms with van der Waals surface area (Å²) in [5.74, 6) is -0.304. The van der Waals surface area contributed by atoms with Gasteiger partial charge in [0, 0.05) is 0 Å². The van der Waals surface area contributed by atoms with Crippen molar-refractivity contribution in [2.75, 3.05) is 19.0 Å². The summed E-state index contributed by atoms with van der Waals surface area (Å²) in [5.41, 5.74) is 1.39. The number of esters is 1. The Bertz CT molecular complexity index is 1010. The summed E-state index contributed by atoms with van der Waals surface area (Å²) in [4.78, 5) is 28.2. The van der Waals surface area contributed by atoms with E-state index < -0.39 is 18.5 Å². The number of carbonyl (C=O) groups excluding carboxylic acids is 2. The minimum atomic E-state index is -0.544. The molecule has 0 saturated carbocycles. The van der Waals surface area contributed by atoms with E-state index in [-0.39, 0.29) is 6.42 Å². The Morgan fingerprint density at radius 2 is 1.96 bits per heavy atom. The number of thiazole rings is 1. The fourth-order valence-electron chi connectivity index (χ4n) is 2.25. The molecule has 0 aliphatic rings. The summed E-state index contributed by atoms with van der Waals surface area (Å²) in [6.45, 7) is -0.403. The van der Waals surface area contributed by atoms with Crippen molar-refractivity contribution in [2.45, 2.75) is 6.42 Å². The highest BCUT2D eigenvalue weighted by atomic mass is 35.5. The van der Waals surface area contributed by atoms with E-state index in [9.17, 15) is 9.59 Å². The van der Waals surface area contributed by atoms with Crippen LogP contribution < -0.4 is 10.1 Å². The molecule has 1 heterocycles. The fraction of sp³-hybridized carbons (Fsp3) is 0.167. The third-order valence-electron chi connectivity index (χ3n) is 3.54. The molecule has 1 aromatic heterocycles. The lowest BCUT2D eigenvalue weighted by Crippen LogP contribution is -2.21. The molecule has 0 aliphatic carbocycles. The van der Waals surface area contributed by atoms with E-state index in [1.807, 2.05) is 6.07 Å². The lowest BCUT2D eigenvalue weighted by Gasteiger charge is -2.05. The fourth-order valence-corrected chi connectivity index (χ4v) is 3.49. The van der Waals surface area contributed by atoms with Crippen LogP contribution in [0.15, 0.2) is 36.4 Å². The Kier molecular flexibility index (Phi) is 6.15. The van der Waals surface area contributed by atoms with Gasteiger partial charge in [-0.25, -0.2) is 4.98 Å². The van der Waals surface area contributed by atoms with Gasteiger partial charge in [-0.1, -0.05) is 40.6 Å². The summed E-state index contributed by atoms with van der Waals surface area (Å²) in [6, 6.07) is 10.3. The molecule has 0 bridgehead atoms. The van der Waals surface area contributed by atoms with Crippen LogP contribution in [0.5, 0.6) is 5.75 Å². The van der Waals surface area contributed by atoms with Gasteiger partial charge in [0.15, 0.2) is 11.7 Å². The van der Waals surface area contributed by atoms with Crippen molar-refractivity contribution in [1.82, 2.24) is 4.98 Å². The van der Waals surface area contributed by atoms with E-state index in [4.69, 9.17) is 32.7 Å². The standard InChI is InChI=1S/C18H14Cl2N2O4S/c1-25-11-3-5-14-15(8-11)27-18(21-14)22-16(23)9-26-17(24)7-10-2-4-12(19)13(20)6-10/h2-6,8H,7,9H2,1H3,(H,21,22,23). The van der Waals surface area contributed by atoms with Crippen LogP contribution >= 0.6 is 34.5 Å². The summed E-state index contributed by atoms with van der Waals surface area (Å²) in [7, 11) is 1.58. The zero-order chi connectivity index (χ0) is 19.4. The van der Waals surface area contributed by atoms with E-state index >= 15 is 0 Å². The number of methoxy groups -OCH3 is 1. The number of fused-ring (bicyclic) bond motifs is 1. The van der Waals surface area contributed by atoms with E-state index in [1.165, 1.54) is 11.3 Å². The Morgan fingerprint density at radius 3 is 2.70 bits per heavy atom. The van der Waals surface area contributed by atoms with E-state index in [0.29, 0.717) is 26.5 Å². The number of ether oxygens (including phenoxy) is 2. The molecule has 1 amide bonds. The molecule has 3 aromatic rings. The van der Waals surface area contributed by atoms with Crippen LogP contribution in [0.4, 0.5) is 5.13 Å². The number of hydrogen-bond donors (Lipinski definition) is 1. The predicted octanol–water partition coefficient (Wildman–Crippen LogP) is 4.34. The van der Waals surface area contributed by atoms with Gasteiger partial charge in [0.1, 0.15) is 5.75 Å². The number of anilines is 1. The zero-order valence-corrected chi connectivity index (χ0v) is 16.5. The van der Waals surface area contributed by atoms with Gasteiger partial charge in [-0.05, 0) is 35.9 Å². The summed E-state index contributed by atoms with van der Waals surface area (Å²) in [5, 5.41) is 3.79. The van der Waals surface area contributed by atoms with Gasteiger partial charge in [-0.2, -0.15) is 0 Å². The molecule has 0 atom stereocenters. The number of benzene rings is 2. The first-order chi connectivity index (χ1) is 12.9. The van der Waals surface area contributed by atoms with Gasteiger partial charge >= 0.3 is 5.97 Å². The van der Waals surface area contributed by atoms with Gasteiger partial charge in [-0.15, -0.1) is 0 Å². The maximum Gasteiger partial charge on any atom is 0.310 e. The van der Waals surface area contributed by atoms with Crippen LogP contribution in [0.25, 0.3) is 10.2 Å². The molecule has 0 spiro atoms. The average molecular weight is 425 g/mol. The van der Waals surface area contributed by atoms with Crippen molar-refractivity contribution < 1.29 is 19.1 Å². The Labute approximate surface area is 169 Å². The van der Waals surface area contributed by atoms with Gasteiger partial charge in [0.25, 0.3) is 5.91 Å². The zero-order valence-electron chi connectivity index (χ0n) is 14.1. The van der Waals surface area contributed by atoms with Crippen molar-refractivity contribution in [3.05, 3.63) is 52.0 Å². The van der Waals surface area contributed by atoms with E-state index in [1.54, 1.807) is 37.4 Å². The smallest absolute Gasteiger partial charge is 0.310 e. The number of carbonyl (C=O) groups is 2. The van der Waals surface area contributed by atoms with Crippen molar-refractivity contribution in [1.29, 1.82) is 0 Å².